The largest absolute Gasteiger partial charge is 0.378 e. The molecule has 0 spiro atoms. The normalized spacial score (nSPS) is 20.7. The van der Waals surface area contributed by atoms with E-state index in [9.17, 15) is 4.79 Å². The van der Waals surface area contributed by atoms with Gasteiger partial charge < -0.3 is 15.0 Å². The van der Waals surface area contributed by atoms with Crippen LogP contribution in [0.15, 0.2) is 18.2 Å². The number of ether oxygens (including phenoxy) is 1. The molecule has 2 saturated heterocycles. The van der Waals surface area contributed by atoms with Crippen LogP contribution in [0.25, 0.3) is 0 Å². The van der Waals surface area contributed by atoms with Gasteiger partial charge in [-0.3, -0.25) is 9.69 Å². The first-order valence-electron chi connectivity index (χ1n) is 9.44. The third kappa shape index (κ3) is 4.33. The molecule has 5 nitrogen and oxygen atoms in total. The lowest BCUT2D eigenvalue weighted by Gasteiger charge is -2.42. The summed E-state index contributed by atoms with van der Waals surface area (Å²) in [4.78, 5) is 17.5. The Morgan fingerprint density at radius 3 is 2.72 bits per heavy atom. The van der Waals surface area contributed by atoms with Crippen LogP contribution >= 0.6 is 0 Å². The number of anilines is 1. The van der Waals surface area contributed by atoms with E-state index in [0.29, 0.717) is 6.54 Å². The molecule has 0 aliphatic carbocycles. The molecule has 25 heavy (non-hydrogen) atoms. The molecular formula is C20H31N3O2. The average molecular weight is 345 g/mol. The Kier molecular flexibility index (Phi) is 5.64. The van der Waals surface area contributed by atoms with Crippen LogP contribution in [0.3, 0.4) is 0 Å². The van der Waals surface area contributed by atoms with Crippen LogP contribution in [0.1, 0.15) is 42.6 Å². The smallest absolute Gasteiger partial charge is 0.253 e. The van der Waals surface area contributed by atoms with Crippen molar-refractivity contribution >= 4 is 11.6 Å². The highest BCUT2D eigenvalue weighted by atomic mass is 16.5. The molecule has 0 saturated carbocycles. The Hall–Kier alpha value is -1.59. The van der Waals surface area contributed by atoms with Gasteiger partial charge in [0.1, 0.15) is 0 Å². The molecule has 2 aliphatic heterocycles. The van der Waals surface area contributed by atoms with Crippen LogP contribution in [0, 0.1) is 6.92 Å². The van der Waals surface area contributed by atoms with Gasteiger partial charge >= 0.3 is 0 Å². The van der Waals surface area contributed by atoms with Gasteiger partial charge in [-0.15, -0.1) is 0 Å². The zero-order valence-corrected chi connectivity index (χ0v) is 15.8. The Balaban J connectivity index is 1.62. The van der Waals surface area contributed by atoms with Gasteiger partial charge in [0.15, 0.2) is 0 Å². The predicted octanol–water partition coefficient (Wildman–Crippen LogP) is 2.44. The van der Waals surface area contributed by atoms with Gasteiger partial charge in [0.2, 0.25) is 0 Å². The summed E-state index contributed by atoms with van der Waals surface area (Å²) in [6.45, 7) is 12.5. The van der Waals surface area contributed by atoms with E-state index in [1.807, 2.05) is 13.0 Å². The van der Waals surface area contributed by atoms with Crippen LogP contribution in [-0.2, 0) is 4.74 Å². The van der Waals surface area contributed by atoms with E-state index in [0.717, 1.165) is 56.2 Å². The number of nitrogens with one attached hydrogen (secondary N) is 1. The lowest BCUT2D eigenvalue weighted by atomic mass is 10.0. The number of amides is 1. The number of nitrogens with zero attached hydrogens (tertiary/aromatic N) is 2. The Labute approximate surface area is 151 Å². The van der Waals surface area contributed by atoms with Crippen molar-refractivity contribution in [2.24, 2.45) is 0 Å². The van der Waals surface area contributed by atoms with Crippen molar-refractivity contribution in [1.29, 1.82) is 0 Å². The molecule has 1 N–H and O–H groups in total. The molecule has 0 bridgehead atoms. The van der Waals surface area contributed by atoms with Crippen molar-refractivity contribution in [3.63, 3.8) is 0 Å². The molecule has 0 atom stereocenters. The number of rotatable bonds is 5. The maximum Gasteiger partial charge on any atom is 0.253 e. The van der Waals surface area contributed by atoms with E-state index in [1.165, 1.54) is 12.8 Å². The van der Waals surface area contributed by atoms with Crippen molar-refractivity contribution < 1.29 is 9.53 Å². The van der Waals surface area contributed by atoms with Crippen LogP contribution in [-0.4, -0.2) is 62.3 Å². The topological polar surface area (TPSA) is 44.8 Å². The fraction of sp³-hybridized carbons (Fsp3) is 0.650. The fourth-order valence-electron chi connectivity index (χ4n) is 3.77. The number of aryl methyl sites for hydroxylation is 1. The van der Waals surface area contributed by atoms with Crippen LogP contribution in [0.5, 0.6) is 0 Å². The van der Waals surface area contributed by atoms with E-state index < -0.39 is 0 Å². The molecule has 1 aromatic carbocycles. The predicted molar refractivity (Wildman–Crippen MR) is 101 cm³/mol. The fourth-order valence-corrected chi connectivity index (χ4v) is 3.77. The zero-order valence-electron chi connectivity index (χ0n) is 15.8. The lowest BCUT2D eigenvalue weighted by Crippen LogP contribution is -2.54. The van der Waals surface area contributed by atoms with Crippen molar-refractivity contribution in [2.75, 3.05) is 50.8 Å². The van der Waals surface area contributed by atoms with Crippen LogP contribution in [0.2, 0.25) is 0 Å². The molecule has 3 rings (SSSR count). The summed E-state index contributed by atoms with van der Waals surface area (Å²) < 4.78 is 5.56. The first-order chi connectivity index (χ1) is 12.0. The minimum Gasteiger partial charge on any atom is -0.378 e. The summed E-state index contributed by atoms with van der Waals surface area (Å²) in [6.07, 6.45) is 2.42. The summed E-state index contributed by atoms with van der Waals surface area (Å²) in [5.41, 5.74) is 3.05. The number of morpholine rings is 1. The molecular weight excluding hydrogens is 314 g/mol. The maximum absolute atomic E-state index is 12.8. The third-order valence-corrected chi connectivity index (χ3v) is 5.33. The monoisotopic (exact) mass is 345 g/mol. The summed E-state index contributed by atoms with van der Waals surface area (Å²) in [5.74, 6) is 0.0386. The third-order valence-electron chi connectivity index (χ3n) is 5.33. The van der Waals surface area contributed by atoms with Gasteiger partial charge in [-0.25, -0.2) is 0 Å². The van der Waals surface area contributed by atoms with Crippen LogP contribution in [0.4, 0.5) is 5.69 Å². The van der Waals surface area contributed by atoms with Crippen molar-refractivity contribution in [1.82, 2.24) is 10.2 Å². The lowest BCUT2D eigenvalue weighted by molar-refractivity contribution is -0.0498. The molecule has 1 amide bonds. The van der Waals surface area contributed by atoms with E-state index in [2.05, 4.69) is 41.1 Å². The molecule has 2 heterocycles. The van der Waals surface area contributed by atoms with Gasteiger partial charge in [0.25, 0.3) is 5.91 Å². The van der Waals surface area contributed by atoms with Gasteiger partial charge in [-0.1, -0.05) is 11.6 Å². The summed E-state index contributed by atoms with van der Waals surface area (Å²) in [7, 11) is 0. The molecule has 1 aromatic rings. The summed E-state index contributed by atoms with van der Waals surface area (Å²) >= 11 is 0. The number of hydrogen-bond acceptors (Lipinski definition) is 4. The first kappa shape index (κ1) is 18.2. The Morgan fingerprint density at radius 1 is 1.24 bits per heavy atom. The van der Waals surface area contributed by atoms with E-state index in [1.54, 1.807) is 0 Å². The van der Waals surface area contributed by atoms with E-state index in [4.69, 9.17) is 4.74 Å². The molecule has 0 unspecified atom stereocenters. The number of carbonyl (C=O) groups excluding carboxylic acids is 1. The second kappa shape index (κ2) is 7.75. The standard InChI is InChI=1S/C20H31N3O2/c1-16-6-7-18(22-9-4-5-10-22)17(14-16)19(24)21-8-11-23-12-13-25-15-20(23,2)3/h6-7,14H,4-5,8-13,15H2,1-3H3,(H,21,24). The van der Waals surface area contributed by atoms with Gasteiger partial charge in [0, 0.05) is 44.0 Å². The Morgan fingerprint density at radius 2 is 2.00 bits per heavy atom. The van der Waals surface area contributed by atoms with Crippen LogP contribution < -0.4 is 10.2 Å². The minimum absolute atomic E-state index is 0.0347. The number of benzene rings is 1. The second-order valence-electron chi connectivity index (χ2n) is 7.82. The van der Waals surface area contributed by atoms with E-state index in [-0.39, 0.29) is 11.4 Å². The van der Waals surface area contributed by atoms with Gasteiger partial charge in [-0.2, -0.15) is 0 Å². The SMILES string of the molecule is Cc1ccc(N2CCCC2)c(C(=O)NCCN2CCOCC2(C)C)c1. The molecule has 0 aromatic heterocycles. The molecule has 138 valence electrons. The summed E-state index contributed by atoms with van der Waals surface area (Å²) in [6, 6.07) is 6.21. The summed E-state index contributed by atoms with van der Waals surface area (Å²) in [5, 5.41) is 3.13. The van der Waals surface area contributed by atoms with Gasteiger partial charge in [-0.05, 0) is 45.7 Å². The number of carbonyl (C=O) groups is 1. The highest BCUT2D eigenvalue weighted by Crippen LogP contribution is 2.25. The molecule has 2 aliphatic rings. The van der Waals surface area contributed by atoms with Gasteiger partial charge in [0.05, 0.1) is 18.8 Å². The maximum atomic E-state index is 12.8. The first-order valence-corrected chi connectivity index (χ1v) is 9.44. The molecule has 5 heteroatoms. The molecule has 2 fully saturated rings. The van der Waals surface area contributed by atoms with E-state index >= 15 is 0 Å². The zero-order chi connectivity index (χ0) is 17.9. The highest BCUT2D eigenvalue weighted by molar-refractivity contribution is 6.00. The number of hydrogen-bond donors (Lipinski definition) is 1. The quantitative estimate of drug-likeness (QED) is 0.890. The second-order valence-corrected chi connectivity index (χ2v) is 7.82. The van der Waals surface area contributed by atoms with Crippen molar-refractivity contribution in [2.45, 2.75) is 39.2 Å². The average Bonchev–Trinajstić information content (AvgIpc) is 3.10. The van der Waals surface area contributed by atoms with Crippen molar-refractivity contribution in [3.05, 3.63) is 29.3 Å². The Bertz CT molecular complexity index is 609. The van der Waals surface area contributed by atoms with Crippen molar-refractivity contribution in [3.8, 4) is 0 Å². The minimum atomic E-state index is 0.0347. The highest BCUT2D eigenvalue weighted by Gasteiger charge is 2.30. The molecule has 0 radical (unpaired) electrons.